The van der Waals surface area contributed by atoms with Crippen molar-refractivity contribution in [2.45, 2.75) is 20.4 Å². The van der Waals surface area contributed by atoms with Crippen LogP contribution >= 0.6 is 0 Å². The predicted molar refractivity (Wildman–Crippen MR) is 102 cm³/mol. The standard InChI is InChI=1S/C20H22N4O/c1-14-6-4-5-7-18(14)24-20-12-19(22-15(2)23-20)21-13-16-8-10-17(25-3)11-9-16/h4-12H,13H2,1-3H3,(H2,21,22,23,24). The highest BCUT2D eigenvalue weighted by Crippen LogP contribution is 2.21. The minimum absolute atomic E-state index is 0.685. The zero-order chi connectivity index (χ0) is 17.6. The highest BCUT2D eigenvalue weighted by molar-refractivity contribution is 5.62. The fourth-order valence-corrected chi connectivity index (χ4v) is 2.51. The summed E-state index contributed by atoms with van der Waals surface area (Å²) in [5, 5.41) is 6.71. The number of methoxy groups -OCH3 is 1. The van der Waals surface area contributed by atoms with E-state index < -0.39 is 0 Å². The molecule has 0 atom stereocenters. The van der Waals surface area contributed by atoms with Gasteiger partial charge in [-0.25, -0.2) is 9.97 Å². The SMILES string of the molecule is COc1ccc(CNc2cc(Nc3ccccc3C)nc(C)n2)cc1. The Labute approximate surface area is 148 Å². The zero-order valence-corrected chi connectivity index (χ0v) is 14.7. The Morgan fingerprint density at radius 2 is 1.64 bits per heavy atom. The molecule has 25 heavy (non-hydrogen) atoms. The van der Waals surface area contributed by atoms with Crippen LogP contribution in [0.5, 0.6) is 5.75 Å². The van der Waals surface area contributed by atoms with E-state index in [1.807, 2.05) is 55.5 Å². The largest absolute Gasteiger partial charge is 0.497 e. The first-order valence-electron chi connectivity index (χ1n) is 8.19. The number of benzene rings is 2. The van der Waals surface area contributed by atoms with E-state index in [0.717, 1.165) is 34.5 Å². The van der Waals surface area contributed by atoms with Gasteiger partial charge in [0.15, 0.2) is 0 Å². The molecule has 0 radical (unpaired) electrons. The van der Waals surface area contributed by atoms with Gasteiger partial charge in [-0.2, -0.15) is 0 Å². The first kappa shape index (κ1) is 16.8. The zero-order valence-electron chi connectivity index (χ0n) is 14.7. The molecule has 2 N–H and O–H groups in total. The number of para-hydroxylation sites is 1. The minimum atomic E-state index is 0.685. The lowest BCUT2D eigenvalue weighted by atomic mass is 10.2. The van der Waals surface area contributed by atoms with Gasteiger partial charge < -0.3 is 15.4 Å². The molecule has 1 heterocycles. The summed E-state index contributed by atoms with van der Waals surface area (Å²) in [5.41, 5.74) is 3.37. The first-order chi connectivity index (χ1) is 12.1. The van der Waals surface area contributed by atoms with Crippen LogP contribution in [0.1, 0.15) is 17.0 Å². The molecule has 0 aliphatic rings. The fourth-order valence-electron chi connectivity index (χ4n) is 2.51. The third-order valence-electron chi connectivity index (χ3n) is 3.88. The second-order valence-corrected chi connectivity index (χ2v) is 5.83. The van der Waals surface area contributed by atoms with Crippen molar-refractivity contribution in [2.75, 3.05) is 17.7 Å². The molecule has 128 valence electrons. The van der Waals surface area contributed by atoms with Gasteiger partial charge in [0.2, 0.25) is 0 Å². The molecule has 0 fully saturated rings. The second kappa shape index (κ2) is 7.66. The monoisotopic (exact) mass is 334 g/mol. The van der Waals surface area contributed by atoms with Crippen LogP contribution in [-0.4, -0.2) is 17.1 Å². The van der Waals surface area contributed by atoms with Gasteiger partial charge in [-0.05, 0) is 43.2 Å². The molecule has 0 unspecified atom stereocenters. The lowest BCUT2D eigenvalue weighted by Gasteiger charge is -2.12. The van der Waals surface area contributed by atoms with Crippen LogP contribution in [0.15, 0.2) is 54.6 Å². The number of anilines is 3. The van der Waals surface area contributed by atoms with Gasteiger partial charge in [0, 0.05) is 18.3 Å². The summed E-state index contributed by atoms with van der Waals surface area (Å²) >= 11 is 0. The molecule has 0 amide bonds. The van der Waals surface area contributed by atoms with Crippen LogP contribution in [0.2, 0.25) is 0 Å². The van der Waals surface area contributed by atoms with E-state index in [2.05, 4.69) is 33.6 Å². The van der Waals surface area contributed by atoms with E-state index in [1.165, 1.54) is 5.56 Å². The van der Waals surface area contributed by atoms with Gasteiger partial charge in [0.25, 0.3) is 0 Å². The maximum Gasteiger partial charge on any atom is 0.136 e. The topological polar surface area (TPSA) is 59.1 Å². The number of hydrogen-bond acceptors (Lipinski definition) is 5. The Hall–Kier alpha value is -3.08. The first-order valence-corrected chi connectivity index (χ1v) is 8.19. The normalized spacial score (nSPS) is 10.4. The molecule has 0 saturated carbocycles. The minimum Gasteiger partial charge on any atom is -0.497 e. The van der Waals surface area contributed by atoms with Crippen molar-refractivity contribution in [3.63, 3.8) is 0 Å². The molecular weight excluding hydrogens is 312 g/mol. The Morgan fingerprint density at radius 1 is 0.920 bits per heavy atom. The maximum absolute atomic E-state index is 5.18. The number of aromatic nitrogens is 2. The van der Waals surface area contributed by atoms with Gasteiger partial charge in [0.05, 0.1) is 7.11 Å². The average molecular weight is 334 g/mol. The highest BCUT2D eigenvalue weighted by atomic mass is 16.5. The van der Waals surface area contributed by atoms with E-state index in [9.17, 15) is 0 Å². The molecule has 3 rings (SSSR count). The highest BCUT2D eigenvalue weighted by Gasteiger charge is 2.04. The van der Waals surface area contributed by atoms with E-state index in [1.54, 1.807) is 7.11 Å². The van der Waals surface area contributed by atoms with E-state index >= 15 is 0 Å². The smallest absolute Gasteiger partial charge is 0.136 e. The summed E-state index contributed by atoms with van der Waals surface area (Å²) in [6, 6.07) is 18.0. The summed E-state index contributed by atoms with van der Waals surface area (Å²) in [6.07, 6.45) is 0. The van der Waals surface area contributed by atoms with Gasteiger partial charge >= 0.3 is 0 Å². The summed E-state index contributed by atoms with van der Waals surface area (Å²) in [4.78, 5) is 8.93. The second-order valence-electron chi connectivity index (χ2n) is 5.83. The molecule has 5 heteroatoms. The van der Waals surface area contributed by atoms with Gasteiger partial charge in [-0.3, -0.25) is 0 Å². The average Bonchev–Trinajstić information content (AvgIpc) is 2.62. The molecule has 0 aliphatic carbocycles. The number of ether oxygens (including phenoxy) is 1. The molecule has 0 spiro atoms. The molecule has 0 aliphatic heterocycles. The van der Waals surface area contributed by atoms with E-state index in [4.69, 9.17) is 4.74 Å². The van der Waals surface area contributed by atoms with Crippen molar-refractivity contribution in [3.05, 3.63) is 71.5 Å². The van der Waals surface area contributed by atoms with Gasteiger partial charge in [-0.15, -0.1) is 0 Å². The lowest BCUT2D eigenvalue weighted by Crippen LogP contribution is -2.05. The van der Waals surface area contributed by atoms with Crippen LogP contribution in [0.4, 0.5) is 17.3 Å². The van der Waals surface area contributed by atoms with E-state index in [-0.39, 0.29) is 0 Å². The molecule has 3 aromatic rings. The van der Waals surface area contributed by atoms with Crippen LogP contribution in [0, 0.1) is 13.8 Å². The number of hydrogen-bond donors (Lipinski definition) is 2. The summed E-state index contributed by atoms with van der Waals surface area (Å²) in [6.45, 7) is 4.64. The van der Waals surface area contributed by atoms with Gasteiger partial charge in [-0.1, -0.05) is 30.3 Å². The number of rotatable bonds is 6. The van der Waals surface area contributed by atoms with Crippen LogP contribution in [0.3, 0.4) is 0 Å². The van der Waals surface area contributed by atoms with Crippen LogP contribution < -0.4 is 15.4 Å². The molecule has 0 saturated heterocycles. The Morgan fingerprint density at radius 3 is 2.36 bits per heavy atom. The Balaban J connectivity index is 1.71. The maximum atomic E-state index is 5.18. The quantitative estimate of drug-likeness (QED) is 0.697. The molecule has 5 nitrogen and oxygen atoms in total. The number of nitrogens with zero attached hydrogens (tertiary/aromatic N) is 2. The molecule has 1 aromatic heterocycles. The Bertz CT molecular complexity index is 847. The van der Waals surface area contributed by atoms with Crippen LogP contribution in [-0.2, 0) is 6.54 Å². The predicted octanol–water partition coefficient (Wildman–Crippen LogP) is 4.46. The van der Waals surface area contributed by atoms with Gasteiger partial charge in [0.1, 0.15) is 23.2 Å². The van der Waals surface area contributed by atoms with Crippen molar-refractivity contribution in [1.29, 1.82) is 0 Å². The third kappa shape index (κ3) is 4.47. The van der Waals surface area contributed by atoms with E-state index in [0.29, 0.717) is 6.54 Å². The summed E-state index contributed by atoms with van der Waals surface area (Å²) in [7, 11) is 1.67. The van der Waals surface area contributed by atoms with Crippen molar-refractivity contribution in [1.82, 2.24) is 9.97 Å². The van der Waals surface area contributed by atoms with Crippen molar-refractivity contribution < 1.29 is 4.74 Å². The summed E-state index contributed by atoms with van der Waals surface area (Å²) < 4.78 is 5.18. The molecule has 0 bridgehead atoms. The third-order valence-corrected chi connectivity index (χ3v) is 3.88. The van der Waals surface area contributed by atoms with Crippen molar-refractivity contribution in [3.8, 4) is 5.75 Å². The van der Waals surface area contributed by atoms with Crippen molar-refractivity contribution in [2.24, 2.45) is 0 Å². The van der Waals surface area contributed by atoms with Crippen molar-refractivity contribution >= 4 is 17.3 Å². The fraction of sp³-hybridized carbons (Fsp3) is 0.200. The molecular formula is C20H22N4O. The summed E-state index contributed by atoms with van der Waals surface area (Å²) in [5.74, 6) is 3.14. The Kier molecular flexibility index (Phi) is 5.14. The van der Waals surface area contributed by atoms with Crippen LogP contribution in [0.25, 0.3) is 0 Å². The number of aryl methyl sites for hydroxylation is 2. The number of nitrogens with one attached hydrogen (secondary N) is 2. The lowest BCUT2D eigenvalue weighted by molar-refractivity contribution is 0.414. The molecule has 2 aromatic carbocycles.